The van der Waals surface area contributed by atoms with E-state index >= 15 is 0 Å². The van der Waals surface area contributed by atoms with Crippen molar-refractivity contribution in [1.29, 1.82) is 0 Å². The third-order valence-corrected chi connectivity index (χ3v) is 4.67. The van der Waals surface area contributed by atoms with E-state index in [1.807, 2.05) is 0 Å². The second-order valence-electron chi connectivity index (χ2n) is 7.25. The van der Waals surface area contributed by atoms with E-state index in [-0.39, 0.29) is 30.6 Å². The Hall–Kier alpha value is -4.28. The van der Waals surface area contributed by atoms with E-state index in [0.717, 1.165) is 0 Å². The molecule has 2 amide bonds. The number of carbonyl (C=O) groups is 5. The molecule has 0 spiro atoms. The first-order chi connectivity index (χ1) is 16.2. The van der Waals surface area contributed by atoms with Crippen molar-refractivity contribution in [3.8, 4) is 5.75 Å². The first-order valence-corrected chi connectivity index (χ1v) is 10.1. The number of amides is 2. The summed E-state index contributed by atoms with van der Waals surface area (Å²) < 4.78 is 17.8. The number of ether oxygens (including phenoxy) is 1. The number of esters is 1. The summed E-state index contributed by atoms with van der Waals surface area (Å²) in [7, 11) is 0. The van der Waals surface area contributed by atoms with Crippen molar-refractivity contribution in [2.24, 2.45) is 0 Å². The lowest BCUT2D eigenvalue weighted by atomic mass is 10.1. The summed E-state index contributed by atoms with van der Waals surface area (Å²) in [6, 6.07) is 8.43. The van der Waals surface area contributed by atoms with Gasteiger partial charge in [0.05, 0.1) is 11.6 Å². The second-order valence-corrected chi connectivity index (χ2v) is 7.25. The largest absolute Gasteiger partial charge is 0.481 e. The van der Waals surface area contributed by atoms with Crippen LogP contribution in [-0.4, -0.2) is 52.5 Å². The Labute approximate surface area is 193 Å². The lowest BCUT2D eigenvalue weighted by Crippen LogP contribution is -2.50. The number of hydrogen-bond donors (Lipinski definition) is 4. The molecule has 0 saturated heterocycles. The molecule has 0 aliphatic carbocycles. The lowest BCUT2D eigenvalue weighted by molar-refractivity contribution is -0.139. The standard InChI is InChI=1S/C23H23FN2O8/c24-12-15-1-5-16(6-2-15)22(32)34-18-8-3-14(4-9-18)11-19(21(30)31)26-23(33)25-17(13-27)7-10-20(28)29/h1-6,8-9,13,17,19H,7,10-12H2,(H,28,29)(H,30,31)(H2,25,26,33)/t17-,19-/m0/s1. The van der Waals surface area contributed by atoms with Gasteiger partial charge in [0, 0.05) is 12.8 Å². The fourth-order valence-electron chi connectivity index (χ4n) is 2.85. The van der Waals surface area contributed by atoms with Crippen molar-refractivity contribution in [1.82, 2.24) is 10.6 Å². The summed E-state index contributed by atoms with van der Waals surface area (Å²) in [6.07, 6.45) is -0.216. The summed E-state index contributed by atoms with van der Waals surface area (Å²) in [5, 5.41) is 22.5. The number of benzene rings is 2. The van der Waals surface area contributed by atoms with Gasteiger partial charge in [0.15, 0.2) is 0 Å². The number of halogens is 1. The number of hydrogen-bond acceptors (Lipinski definition) is 6. The molecule has 0 aliphatic heterocycles. The van der Waals surface area contributed by atoms with E-state index in [4.69, 9.17) is 9.84 Å². The number of carbonyl (C=O) groups excluding carboxylic acids is 3. The average Bonchev–Trinajstić information content (AvgIpc) is 2.82. The molecule has 0 aromatic heterocycles. The molecule has 180 valence electrons. The Morgan fingerprint density at radius 1 is 0.941 bits per heavy atom. The van der Waals surface area contributed by atoms with Crippen LogP contribution in [0.3, 0.4) is 0 Å². The van der Waals surface area contributed by atoms with Crippen molar-refractivity contribution in [2.75, 3.05) is 0 Å². The summed E-state index contributed by atoms with van der Waals surface area (Å²) in [6.45, 7) is -0.646. The van der Waals surface area contributed by atoms with Gasteiger partial charge in [-0.25, -0.2) is 18.8 Å². The molecule has 0 heterocycles. The first kappa shape index (κ1) is 26.0. The lowest BCUT2D eigenvalue weighted by Gasteiger charge is -2.17. The molecule has 0 radical (unpaired) electrons. The van der Waals surface area contributed by atoms with Crippen LogP contribution in [0.2, 0.25) is 0 Å². The Bertz CT molecular complexity index is 1020. The Morgan fingerprint density at radius 3 is 2.09 bits per heavy atom. The minimum absolute atomic E-state index is 0.109. The van der Waals surface area contributed by atoms with Crippen molar-refractivity contribution >= 4 is 30.2 Å². The van der Waals surface area contributed by atoms with Crippen molar-refractivity contribution < 1.29 is 43.3 Å². The van der Waals surface area contributed by atoms with Gasteiger partial charge in [-0.15, -0.1) is 0 Å². The van der Waals surface area contributed by atoms with Gasteiger partial charge < -0.3 is 30.4 Å². The summed E-state index contributed by atoms with van der Waals surface area (Å²) in [4.78, 5) is 57.3. The van der Waals surface area contributed by atoms with Crippen LogP contribution in [0.15, 0.2) is 48.5 Å². The van der Waals surface area contributed by atoms with Gasteiger partial charge in [-0.1, -0.05) is 24.3 Å². The van der Waals surface area contributed by atoms with Gasteiger partial charge in [0.1, 0.15) is 24.8 Å². The van der Waals surface area contributed by atoms with Gasteiger partial charge in [0.2, 0.25) is 0 Å². The molecular weight excluding hydrogens is 451 g/mol. The summed E-state index contributed by atoms with van der Waals surface area (Å²) in [5.74, 6) is -2.91. The molecule has 0 saturated carbocycles. The third-order valence-electron chi connectivity index (χ3n) is 4.67. The molecular formula is C23H23FN2O8. The number of nitrogens with one attached hydrogen (secondary N) is 2. The second kappa shape index (κ2) is 12.7. The summed E-state index contributed by atoms with van der Waals surface area (Å²) in [5.41, 5.74) is 1.18. The van der Waals surface area contributed by atoms with E-state index in [0.29, 0.717) is 17.4 Å². The maximum Gasteiger partial charge on any atom is 0.343 e. The van der Waals surface area contributed by atoms with E-state index < -0.39 is 42.7 Å². The van der Waals surface area contributed by atoms with Crippen LogP contribution in [0.1, 0.15) is 34.3 Å². The smallest absolute Gasteiger partial charge is 0.343 e. The zero-order chi connectivity index (χ0) is 25.1. The van der Waals surface area contributed by atoms with Crippen LogP contribution < -0.4 is 15.4 Å². The van der Waals surface area contributed by atoms with Crippen LogP contribution in [0.4, 0.5) is 9.18 Å². The number of aldehydes is 1. The molecule has 2 rings (SSSR count). The zero-order valence-electron chi connectivity index (χ0n) is 17.9. The highest BCUT2D eigenvalue weighted by atomic mass is 19.1. The van der Waals surface area contributed by atoms with Crippen molar-refractivity contribution in [2.45, 2.75) is 38.0 Å². The van der Waals surface area contributed by atoms with Gasteiger partial charge in [-0.2, -0.15) is 0 Å². The molecule has 2 atom stereocenters. The number of urea groups is 1. The molecule has 0 aliphatic rings. The molecule has 0 fully saturated rings. The predicted octanol–water partition coefficient (Wildman–Crippen LogP) is 2.10. The van der Waals surface area contributed by atoms with Gasteiger partial charge in [-0.3, -0.25) is 4.79 Å². The SMILES string of the molecule is O=C[C@H](CCC(=O)O)NC(=O)N[C@@H](Cc1ccc(OC(=O)c2ccc(CF)cc2)cc1)C(=O)O. The molecule has 0 bridgehead atoms. The maximum absolute atomic E-state index is 12.6. The molecule has 4 N–H and O–H groups in total. The molecule has 10 nitrogen and oxygen atoms in total. The third kappa shape index (κ3) is 8.34. The predicted molar refractivity (Wildman–Crippen MR) is 116 cm³/mol. The minimum Gasteiger partial charge on any atom is -0.481 e. The number of carboxylic acids is 2. The number of alkyl halides is 1. The molecule has 0 unspecified atom stereocenters. The van der Waals surface area contributed by atoms with Gasteiger partial charge in [-0.05, 0) is 41.8 Å². The highest BCUT2D eigenvalue weighted by Gasteiger charge is 2.22. The van der Waals surface area contributed by atoms with Gasteiger partial charge >= 0.3 is 23.9 Å². The Balaban J connectivity index is 1.94. The Kier molecular flexibility index (Phi) is 9.69. The minimum atomic E-state index is -1.34. The number of aliphatic carboxylic acids is 2. The van der Waals surface area contributed by atoms with Crippen LogP contribution >= 0.6 is 0 Å². The normalized spacial score (nSPS) is 12.1. The highest BCUT2D eigenvalue weighted by Crippen LogP contribution is 2.16. The van der Waals surface area contributed by atoms with Crippen molar-refractivity contribution in [3.05, 3.63) is 65.2 Å². The fraction of sp³-hybridized carbons (Fsp3) is 0.261. The topological polar surface area (TPSA) is 159 Å². The molecule has 2 aromatic rings. The molecule has 2 aromatic carbocycles. The monoisotopic (exact) mass is 474 g/mol. The average molecular weight is 474 g/mol. The zero-order valence-corrected chi connectivity index (χ0v) is 17.9. The maximum atomic E-state index is 12.6. The van der Waals surface area contributed by atoms with Gasteiger partial charge in [0.25, 0.3) is 0 Å². The van der Waals surface area contributed by atoms with E-state index in [1.54, 1.807) is 0 Å². The van der Waals surface area contributed by atoms with E-state index in [2.05, 4.69) is 10.6 Å². The van der Waals surface area contributed by atoms with Crippen LogP contribution in [0.5, 0.6) is 5.75 Å². The summed E-state index contributed by atoms with van der Waals surface area (Å²) >= 11 is 0. The number of carboxylic acid groups (broad SMARTS) is 2. The van der Waals surface area contributed by atoms with Crippen LogP contribution in [0, 0.1) is 0 Å². The first-order valence-electron chi connectivity index (χ1n) is 10.1. The van der Waals surface area contributed by atoms with E-state index in [9.17, 15) is 33.5 Å². The van der Waals surface area contributed by atoms with Crippen LogP contribution in [0.25, 0.3) is 0 Å². The quantitative estimate of drug-likeness (QED) is 0.207. The van der Waals surface area contributed by atoms with E-state index in [1.165, 1.54) is 48.5 Å². The van der Waals surface area contributed by atoms with Crippen LogP contribution in [-0.2, 0) is 27.5 Å². The fourth-order valence-corrected chi connectivity index (χ4v) is 2.85. The highest BCUT2D eigenvalue weighted by molar-refractivity contribution is 5.91. The van der Waals surface area contributed by atoms with Crippen molar-refractivity contribution in [3.63, 3.8) is 0 Å². The molecule has 11 heteroatoms. The Morgan fingerprint density at radius 2 is 1.56 bits per heavy atom. The number of rotatable bonds is 12. The molecule has 34 heavy (non-hydrogen) atoms.